The predicted molar refractivity (Wildman–Crippen MR) is 82.6 cm³/mol. The maximum absolute atomic E-state index is 5.96. The van der Waals surface area contributed by atoms with E-state index in [1.54, 1.807) is 0 Å². The van der Waals surface area contributed by atoms with Crippen molar-refractivity contribution in [1.29, 1.82) is 0 Å². The molecule has 1 fully saturated rings. The van der Waals surface area contributed by atoms with Crippen LogP contribution in [0.4, 0.5) is 0 Å². The summed E-state index contributed by atoms with van der Waals surface area (Å²) >= 11 is 5.96. The molecule has 1 aliphatic heterocycles. The average molecular weight is 281 g/mol. The Morgan fingerprint density at radius 3 is 2.42 bits per heavy atom. The van der Waals surface area contributed by atoms with Crippen LogP contribution in [0.5, 0.6) is 0 Å². The molecule has 1 saturated heterocycles. The van der Waals surface area contributed by atoms with Crippen LogP contribution in [0.2, 0.25) is 5.02 Å². The van der Waals surface area contributed by atoms with E-state index < -0.39 is 0 Å². The Balaban J connectivity index is 2.16. The van der Waals surface area contributed by atoms with Gasteiger partial charge in [-0.25, -0.2) is 0 Å². The van der Waals surface area contributed by atoms with Gasteiger partial charge in [0.25, 0.3) is 0 Å². The molecule has 3 heteroatoms. The topological polar surface area (TPSA) is 15.3 Å². The molecule has 0 amide bonds. The van der Waals surface area contributed by atoms with Crippen LogP contribution in [0.25, 0.3) is 0 Å². The monoisotopic (exact) mass is 280 g/mol. The smallest absolute Gasteiger partial charge is 0.0406 e. The van der Waals surface area contributed by atoms with Gasteiger partial charge in [-0.2, -0.15) is 0 Å². The summed E-state index contributed by atoms with van der Waals surface area (Å²) in [6.45, 7) is 12.3. The Morgan fingerprint density at radius 2 is 1.84 bits per heavy atom. The fraction of sp³-hybridized carbons (Fsp3) is 0.625. The molecule has 1 atom stereocenters. The average Bonchev–Trinajstić information content (AvgIpc) is 2.37. The molecule has 1 aromatic rings. The van der Waals surface area contributed by atoms with Crippen LogP contribution >= 0.6 is 11.6 Å². The van der Waals surface area contributed by atoms with Crippen molar-refractivity contribution in [2.45, 2.75) is 51.7 Å². The lowest BCUT2D eigenvalue weighted by Crippen LogP contribution is -2.66. The lowest BCUT2D eigenvalue weighted by molar-refractivity contribution is 0.0175. The van der Waals surface area contributed by atoms with E-state index in [1.165, 1.54) is 5.56 Å². The van der Waals surface area contributed by atoms with Crippen LogP contribution in [0, 0.1) is 0 Å². The Kier molecular flexibility index (Phi) is 4.24. The molecule has 1 aliphatic rings. The zero-order valence-electron chi connectivity index (χ0n) is 12.5. The maximum atomic E-state index is 5.96. The summed E-state index contributed by atoms with van der Waals surface area (Å²) in [7, 11) is 0. The number of halogens is 1. The molecule has 0 radical (unpaired) electrons. The Labute approximate surface area is 122 Å². The first-order chi connectivity index (χ1) is 8.85. The molecule has 1 aromatic carbocycles. The van der Waals surface area contributed by atoms with E-state index in [2.05, 4.69) is 50.0 Å². The van der Waals surface area contributed by atoms with E-state index in [0.29, 0.717) is 0 Å². The van der Waals surface area contributed by atoms with Crippen molar-refractivity contribution in [2.75, 3.05) is 13.1 Å². The molecule has 0 spiro atoms. The molecule has 2 nitrogen and oxygen atoms in total. The highest BCUT2D eigenvalue weighted by Gasteiger charge is 2.39. The number of nitrogens with one attached hydrogen (secondary N) is 1. The summed E-state index contributed by atoms with van der Waals surface area (Å²) in [4.78, 5) is 2.60. The van der Waals surface area contributed by atoms with Gasteiger partial charge in [-0.1, -0.05) is 30.7 Å². The summed E-state index contributed by atoms with van der Waals surface area (Å²) in [5.41, 5.74) is 1.75. The Bertz CT molecular complexity index is 427. The molecular weight excluding hydrogens is 256 g/mol. The normalized spacial score (nSPS) is 27.4. The third-order valence-electron chi connectivity index (χ3n) is 4.35. The molecule has 0 aromatic heterocycles. The zero-order chi connectivity index (χ0) is 14.1. The molecule has 2 rings (SSSR count). The van der Waals surface area contributed by atoms with E-state index in [4.69, 9.17) is 11.6 Å². The molecule has 19 heavy (non-hydrogen) atoms. The van der Waals surface area contributed by atoms with Gasteiger partial charge in [0.05, 0.1) is 0 Å². The molecule has 1 heterocycles. The van der Waals surface area contributed by atoms with Crippen molar-refractivity contribution in [3.05, 3.63) is 34.9 Å². The molecule has 1 N–H and O–H groups in total. The van der Waals surface area contributed by atoms with E-state index >= 15 is 0 Å². The minimum absolute atomic E-state index is 0.182. The van der Waals surface area contributed by atoms with Gasteiger partial charge in [-0.3, -0.25) is 4.90 Å². The van der Waals surface area contributed by atoms with Gasteiger partial charge >= 0.3 is 0 Å². The van der Waals surface area contributed by atoms with Crippen molar-refractivity contribution in [1.82, 2.24) is 10.2 Å². The second-order valence-corrected chi connectivity index (χ2v) is 7.01. The van der Waals surface area contributed by atoms with Gasteiger partial charge in [-0.05, 0) is 44.9 Å². The van der Waals surface area contributed by atoms with Gasteiger partial charge in [0, 0.05) is 35.7 Å². The predicted octanol–water partition coefficient (Wildman–Crippen LogP) is 3.69. The summed E-state index contributed by atoms with van der Waals surface area (Å²) < 4.78 is 0. The third-order valence-corrected chi connectivity index (χ3v) is 4.60. The third kappa shape index (κ3) is 3.50. The summed E-state index contributed by atoms with van der Waals surface area (Å²) in [5, 5.41) is 4.47. The van der Waals surface area contributed by atoms with Crippen molar-refractivity contribution in [3.63, 3.8) is 0 Å². The molecule has 0 aliphatic carbocycles. The highest BCUT2D eigenvalue weighted by Crippen LogP contribution is 2.28. The summed E-state index contributed by atoms with van der Waals surface area (Å²) in [6.07, 6.45) is 1.16. The van der Waals surface area contributed by atoms with Crippen LogP contribution in [-0.4, -0.2) is 29.1 Å². The van der Waals surface area contributed by atoms with E-state index in [0.717, 1.165) is 31.1 Å². The van der Waals surface area contributed by atoms with Gasteiger partial charge in [0.2, 0.25) is 0 Å². The minimum Gasteiger partial charge on any atom is -0.309 e. The fourth-order valence-electron chi connectivity index (χ4n) is 2.67. The quantitative estimate of drug-likeness (QED) is 0.908. The Morgan fingerprint density at radius 1 is 1.21 bits per heavy atom. The second kappa shape index (κ2) is 5.43. The number of benzene rings is 1. The van der Waals surface area contributed by atoms with Crippen LogP contribution in [0.3, 0.4) is 0 Å². The van der Waals surface area contributed by atoms with Crippen LogP contribution in [-0.2, 0) is 6.54 Å². The first-order valence-electron chi connectivity index (χ1n) is 7.09. The van der Waals surface area contributed by atoms with Crippen molar-refractivity contribution < 1.29 is 0 Å². The van der Waals surface area contributed by atoms with Gasteiger partial charge in [0.15, 0.2) is 0 Å². The maximum Gasteiger partial charge on any atom is 0.0406 e. The minimum atomic E-state index is 0.182. The molecule has 106 valence electrons. The first-order valence-corrected chi connectivity index (χ1v) is 7.47. The highest BCUT2D eigenvalue weighted by molar-refractivity contribution is 6.30. The van der Waals surface area contributed by atoms with E-state index in [9.17, 15) is 0 Å². The van der Waals surface area contributed by atoms with Gasteiger partial charge in [-0.15, -0.1) is 0 Å². The molecule has 1 unspecified atom stereocenters. The molecule has 0 saturated carbocycles. The van der Waals surface area contributed by atoms with Crippen molar-refractivity contribution in [3.8, 4) is 0 Å². The Hall–Kier alpha value is -0.570. The second-order valence-electron chi connectivity index (χ2n) is 6.57. The zero-order valence-corrected chi connectivity index (χ0v) is 13.2. The fourth-order valence-corrected chi connectivity index (χ4v) is 2.80. The standard InChI is InChI=1S/C16H25ClN2/c1-5-16(4)11-18-15(2,3)12-19(16)10-13-6-8-14(17)9-7-13/h6-9,18H,5,10-12H2,1-4H3. The lowest BCUT2D eigenvalue weighted by atomic mass is 9.87. The largest absolute Gasteiger partial charge is 0.309 e. The SMILES string of the molecule is CCC1(C)CNC(C)(C)CN1Cc1ccc(Cl)cc1. The highest BCUT2D eigenvalue weighted by atomic mass is 35.5. The van der Waals surface area contributed by atoms with Crippen molar-refractivity contribution in [2.24, 2.45) is 0 Å². The van der Waals surface area contributed by atoms with Gasteiger partial charge in [0.1, 0.15) is 0 Å². The number of hydrogen-bond donors (Lipinski definition) is 1. The lowest BCUT2D eigenvalue weighted by Gasteiger charge is -2.51. The summed E-state index contributed by atoms with van der Waals surface area (Å²) in [6, 6.07) is 8.22. The number of hydrogen-bond acceptors (Lipinski definition) is 2. The van der Waals surface area contributed by atoms with Crippen molar-refractivity contribution >= 4 is 11.6 Å². The first kappa shape index (κ1) is 14.8. The van der Waals surface area contributed by atoms with Gasteiger partial charge < -0.3 is 5.32 Å². The number of piperazine rings is 1. The molecular formula is C16H25ClN2. The van der Waals surface area contributed by atoms with Crippen LogP contribution < -0.4 is 5.32 Å². The number of nitrogens with zero attached hydrogens (tertiary/aromatic N) is 1. The number of rotatable bonds is 3. The van der Waals surface area contributed by atoms with E-state index in [-0.39, 0.29) is 11.1 Å². The van der Waals surface area contributed by atoms with E-state index in [1.807, 2.05) is 12.1 Å². The summed E-state index contributed by atoms with van der Waals surface area (Å²) in [5.74, 6) is 0. The van der Waals surface area contributed by atoms with Crippen LogP contribution in [0.1, 0.15) is 39.7 Å². The van der Waals surface area contributed by atoms with Crippen LogP contribution in [0.15, 0.2) is 24.3 Å². The molecule has 0 bridgehead atoms.